The normalized spacial score (nSPS) is 12.7. The lowest BCUT2D eigenvalue weighted by molar-refractivity contribution is -0.139. The molecule has 0 aliphatic rings. The van der Waals surface area contributed by atoms with Gasteiger partial charge in [0.25, 0.3) is 5.91 Å². The van der Waals surface area contributed by atoms with Crippen LogP contribution in [0, 0.1) is 0 Å². The zero-order valence-electron chi connectivity index (χ0n) is 16.9. The lowest BCUT2D eigenvalue weighted by Crippen LogP contribution is -2.52. The fraction of sp³-hybridized carbons (Fsp3) is 0.765. The van der Waals surface area contributed by atoms with E-state index in [1.807, 2.05) is 0 Å². The summed E-state index contributed by atoms with van der Waals surface area (Å²) in [7, 11) is 1.31. The number of unbranched alkanes of at least 4 members (excludes halogenated alkanes) is 1. The number of hydrogen-bond donors (Lipinski definition) is 7. The highest BCUT2D eigenvalue weighted by Crippen LogP contribution is 2.00. The van der Waals surface area contributed by atoms with Gasteiger partial charge in [-0.15, -0.1) is 0 Å². The molecule has 11 nitrogen and oxygen atoms in total. The second kappa shape index (κ2) is 16.0. The summed E-state index contributed by atoms with van der Waals surface area (Å²) in [5.41, 5.74) is 10.8. The van der Waals surface area contributed by atoms with E-state index in [-0.39, 0.29) is 18.6 Å². The molecule has 0 aromatic carbocycles. The Morgan fingerprint density at radius 1 is 1.10 bits per heavy atom. The monoisotopic (exact) mass is 434 g/mol. The zero-order chi connectivity index (χ0) is 22.2. The lowest BCUT2D eigenvalue weighted by atomic mass is 10.1. The van der Waals surface area contributed by atoms with Crippen LogP contribution in [-0.2, 0) is 14.4 Å². The van der Waals surface area contributed by atoms with Gasteiger partial charge in [-0.1, -0.05) is 0 Å². The third-order valence-corrected chi connectivity index (χ3v) is 4.43. The number of carboxylic acids is 1. The average molecular weight is 435 g/mol. The Hall–Kier alpha value is -1.89. The number of rotatable bonds is 15. The number of hydrogen-bond acceptors (Lipinski definition) is 8. The number of amides is 4. The molecule has 0 spiro atoms. The van der Waals surface area contributed by atoms with Crippen LogP contribution < -0.4 is 27.4 Å². The maximum absolute atomic E-state index is 12.4. The minimum absolute atomic E-state index is 0.0140. The molecule has 0 aromatic rings. The molecule has 12 heteroatoms. The van der Waals surface area contributed by atoms with E-state index in [2.05, 4.69) is 28.6 Å². The first-order valence-corrected chi connectivity index (χ1v) is 10.2. The van der Waals surface area contributed by atoms with Gasteiger partial charge in [0.15, 0.2) is 0 Å². The Morgan fingerprint density at radius 3 is 2.34 bits per heavy atom. The number of nitrogens with zero attached hydrogens (tertiary/aromatic N) is 1. The molecule has 0 unspecified atom stereocenters. The summed E-state index contributed by atoms with van der Waals surface area (Å²) in [5, 5.41) is 17.0. The van der Waals surface area contributed by atoms with Crippen LogP contribution in [0.15, 0.2) is 0 Å². The number of carbonyl (C=O) groups is 4. The molecular weight excluding hydrogens is 400 g/mol. The molecule has 8 N–H and O–H groups in total. The lowest BCUT2D eigenvalue weighted by Gasteiger charge is -2.22. The average Bonchev–Trinajstić information content (AvgIpc) is 2.70. The van der Waals surface area contributed by atoms with Crippen LogP contribution >= 0.6 is 12.6 Å². The van der Waals surface area contributed by atoms with E-state index in [1.54, 1.807) is 0 Å². The summed E-state index contributed by atoms with van der Waals surface area (Å²) in [6.45, 7) is 2.66. The Bertz CT molecular complexity index is 536. The molecule has 0 saturated heterocycles. The summed E-state index contributed by atoms with van der Waals surface area (Å²) in [4.78, 5) is 47.9. The molecule has 0 aliphatic heterocycles. The molecule has 4 amide bonds. The first-order chi connectivity index (χ1) is 13.7. The minimum atomic E-state index is -1.21. The van der Waals surface area contributed by atoms with Gasteiger partial charge in [-0.05, 0) is 45.3 Å². The third-order valence-electron chi connectivity index (χ3n) is 4.06. The topological polar surface area (TPSA) is 180 Å². The largest absolute Gasteiger partial charge is 0.480 e. The fourth-order valence-electron chi connectivity index (χ4n) is 2.24. The number of thiol groups is 1. The molecule has 0 radical (unpaired) electrons. The van der Waals surface area contributed by atoms with Gasteiger partial charge < -0.3 is 32.5 Å². The van der Waals surface area contributed by atoms with Gasteiger partial charge in [-0.2, -0.15) is 12.6 Å². The summed E-state index contributed by atoms with van der Waals surface area (Å²) < 4.78 is 0. The van der Waals surface area contributed by atoms with E-state index < -0.39 is 35.9 Å². The van der Waals surface area contributed by atoms with Gasteiger partial charge >= 0.3 is 12.0 Å². The van der Waals surface area contributed by atoms with Crippen LogP contribution in [0.3, 0.4) is 0 Å². The van der Waals surface area contributed by atoms with E-state index in [1.165, 1.54) is 7.05 Å². The first kappa shape index (κ1) is 27.1. The third kappa shape index (κ3) is 12.3. The Morgan fingerprint density at radius 2 is 1.76 bits per heavy atom. The van der Waals surface area contributed by atoms with Crippen molar-refractivity contribution in [3.63, 3.8) is 0 Å². The summed E-state index contributed by atoms with van der Waals surface area (Å²) >= 11 is 4.04. The highest BCUT2D eigenvalue weighted by Gasteiger charge is 2.26. The predicted molar refractivity (Wildman–Crippen MR) is 113 cm³/mol. The number of likely N-dealkylation sites (N-methyl/N-ethyl adjacent to an activating group) is 1. The first-order valence-electron chi connectivity index (χ1n) is 9.59. The van der Waals surface area contributed by atoms with Gasteiger partial charge in [-0.3, -0.25) is 19.3 Å². The van der Waals surface area contributed by atoms with E-state index >= 15 is 0 Å². The summed E-state index contributed by atoms with van der Waals surface area (Å²) in [5.74, 6) is -2.38. The van der Waals surface area contributed by atoms with E-state index in [0.717, 1.165) is 30.8 Å². The number of imide groups is 1. The molecule has 0 rings (SSSR count). The molecule has 168 valence electrons. The van der Waals surface area contributed by atoms with Crippen LogP contribution in [0.1, 0.15) is 32.1 Å². The van der Waals surface area contributed by atoms with E-state index in [4.69, 9.17) is 16.6 Å². The standard InChI is InChI=1S/C17H34N6O5S/c1-23(17(28)21-10-4-9-20-8-3-2-7-18)15(25)13(11-29)22-14(24)6-5-12(19)16(26)27/h12-13,20,29H,2-11,18-19H2,1H3,(H,21,28)(H,22,24)(H,26,27)/t12-,13-/m0/s1. The van der Waals surface area contributed by atoms with E-state index in [0.29, 0.717) is 19.5 Å². The molecule has 0 aliphatic carbocycles. The van der Waals surface area contributed by atoms with Crippen LogP contribution in [0.2, 0.25) is 0 Å². The molecule has 2 atom stereocenters. The van der Waals surface area contributed by atoms with Crippen molar-refractivity contribution in [2.24, 2.45) is 11.5 Å². The fourth-order valence-corrected chi connectivity index (χ4v) is 2.49. The van der Waals surface area contributed by atoms with Crippen molar-refractivity contribution in [2.45, 2.75) is 44.2 Å². The smallest absolute Gasteiger partial charge is 0.323 e. The molecule has 0 aromatic heterocycles. The molecule has 0 bridgehead atoms. The van der Waals surface area contributed by atoms with Crippen molar-refractivity contribution in [3.05, 3.63) is 0 Å². The predicted octanol–water partition coefficient (Wildman–Crippen LogP) is -1.52. The van der Waals surface area contributed by atoms with Crippen molar-refractivity contribution >= 4 is 36.4 Å². The van der Waals surface area contributed by atoms with Gasteiger partial charge in [0.1, 0.15) is 12.1 Å². The SMILES string of the molecule is CN(C(=O)NCCCNCCCCN)C(=O)[C@H](CS)NC(=O)CC[C@H](N)C(=O)O. The molecule has 29 heavy (non-hydrogen) atoms. The van der Waals surface area contributed by atoms with Gasteiger partial charge in [-0.25, -0.2) is 4.79 Å². The van der Waals surface area contributed by atoms with Crippen molar-refractivity contribution < 1.29 is 24.3 Å². The number of urea groups is 1. The van der Waals surface area contributed by atoms with Crippen LogP contribution in [0.5, 0.6) is 0 Å². The van der Waals surface area contributed by atoms with Crippen LogP contribution in [0.25, 0.3) is 0 Å². The molecular formula is C17H34N6O5S. The number of nitrogens with one attached hydrogen (secondary N) is 3. The number of carboxylic acid groups (broad SMARTS) is 1. The highest BCUT2D eigenvalue weighted by molar-refractivity contribution is 7.80. The second-order valence-electron chi connectivity index (χ2n) is 6.51. The summed E-state index contributed by atoms with van der Waals surface area (Å²) in [6.07, 6.45) is 2.45. The van der Waals surface area contributed by atoms with Gasteiger partial charge in [0.2, 0.25) is 5.91 Å². The quantitative estimate of drug-likeness (QED) is 0.120. The zero-order valence-corrected chi connectivity index (χ0v) is 17.7. The van der Waals surface area contributed by atoms with Crippen molar-refractivity contribution in [1.82, 2.24) is 20.9 Å². The van der Waals surface area contributed by atoms with Crippen molar-refractivity contribution in [2.75, 3.05) is 39.0 Å². The maximum Gasteiger partial charge on any atom is 0.323 e. The van der Waals surface area contributed by atoms with E-state index in [9.17, 15) is 19.2 Å². The summed E-state index contributed by atoms with van der Waals surface area (Å²) in [6, 6.07) is -2.74. The van der Waals surface area contributed by atoms with Crippen LogP contribution in [-0.4, -0.2) is 84.9 Å². The highest BCUT2D eigenvalue weighted by atomic mass is 32.1. The number of nitrogens with two attached hydrogens (primary N) is 2. The molecule has 0 fully saturated rings. The molecule has 0 heterocycles. The second-order valence-corrected chi connectivity index (χ2v) is 6.88. The Balaban J connectivity index is 4.24. The van der Waals surface area contributed by atoms with Crippen molar-refractivity contribution in [3.8, 4) is 0 Å². The Labute approximate surface area is 176 Å². The molecule has 0 saturated carbocycles. The van der Waals surface area contributed by atoms with Gasteiger partial charge in [0.05, 0.1) is 0 Å². The number of carbonyl (C=O) groups excluding carboxylic acids is 3. The number of aliphatic carboxylic acids is 1. The minimum Gasteiger partial charge on any atom is -0.480 e. The van der Waals surface area contributed by atoms with Crippen molar-refractivity contribution in [1.29, 1.82) is 0 Å². The maximum atomic E-state index is 12.4. The van der Waals surface area contributed by atoms with Crippen LogP contribution in [0.4, 0.5) is 4.79 Å². The van der Waals surface area contributed by atoms with Gasteiger partial charge in [0, 0.05) is 25.8 Å². The Kier molecular flexibility index (Phi) is 14.9.